The number of benzene rings is 1. The molecule has 0 aromatic heterocycles. The highest BCUT2D eigenvalue weighted by Crippen LogP contribution is 2.63. The van der Waals surface area contributed by atoms with Gasteiger partial charge in [-0.1, -0.05) is 18.2 Å². The number of para-hydroxylation sites is 1. The molecule has 2 heteroatoms. The topological polar surface area (TPSA) is 21.3 Å². The standard InChI is InChI=1S/C15H21NO/c1-14(2)10-15(8-11(15)9-16-3)12-6-4-5-7-13(12)17-14/h4-7,11,16H,8-10H2,1-3H3. The lowest BCUT2D eigenvalue weighted by Gasteiger charge is -2.38. The van der Waals surface area contributed by atoms with E-state index in [1.54, 1.807) is 0 Å². The van der Waals surface area contributed by atoms with Gasteiger partial charge in [0.25, 0.3) is 0 Å². The molecule has 2 atom stereocenters. The highest BCUT2D eigenvalue weighted by Gasteiger charge is 2.60. The van der Waals surface area contributed by atoms with Gasteiger partial charge >= 0.3 is 0 Å². The maximum absolute atomic E-state index is 6.10. The maximum atomic E-state index is 6.10. The van der Waals surface area contributed by atoms with Crippen molar-refractivity contribution in [1.82, 2.24) is 5.32 Å². The lowest BCUT2D eigenvalue weighted by Crippen LogP contribution is -2.39. The van der Waals surface area contributed by atoms with Crippen LogP contribution in [0.2, 0.25) is 0 Å². The fourth-order valence-corrected chi connectivity index (χ4v) is 3.60. The van der Waals surface area contributed by atoms with Crippen molar-refractivity contribution in [3.05, 3.63) is 29.8 Å². The Bertz CT molecular complexity index is 440. The first-order valence-corrected chi connectivity index (χ1v) is 6.50. The number of hydrogen-bond acceptors (Lipinski definition) is 2. The zero-order valence-electron chi connectivity index (χ0n) is 10.9. The van der Waals surface area contributed by atoms with Gasteiger partial charge in [-0.3, -0.25) is 0 Å². The van der Waals surface area contributed by atoms with E-state index in [1.165, 1.54) is 12.0 Å². The van der Waals surface area contributed by atoms with Gasteiger partial charge in [0.05, 0.1) is 0 Å². The largest absolute Gasteiger partial charge is 0.488 e. The second-order valence-electron chi connectivity index (χ2n) is 6.15. The van der Waals surface area contributed by atoms with E-state index < -0.39 is 0 Å². The summed E-state index contributed by atoms with van der Waals surface area (Å²) in [5, 5.41) is 3.32. The summed E-state index contributed by atoms with van der Waals surface area (Å²) in [7, 11) is 2.04. The highest BCUT2D eigenvalue weighted by atomic mass is 16.5. The first-order valence-electron chi connectivity index (χ1n) is 6.50. The Morgan fingerprint density at radius 1 is 1.35 bits per heavy atom. The minimum atomic E-state index is -0.0309. The zero-order chi connectivity index (χ0) is 12.1. The smallest absolute Gasteiger partial charge is 0.123 e. The van der Waals surface area contributed by atoms with Crippen LogP contribution in [0.25, 0.3) is 0 Å². The van der Waals surface area contributed by atoms with Crippen LogP contribution in [-0.4, -0.2) is 19.2 Å². The second-order valence-corrected chi connectivity index (χ2v) is 6.15. The third-order valence-electron chi connectivity index (χ3n) is 4.23. The van der Waals surface area contributed by atoms with Gasteiger partial charge < -0.3 is 10.1 Å². The lowest BCUT2D eigenvalue weighted by atomic mass is 9.80. The van der Waals surface area contributed by atoms with Crippen LogP contribution in [0, 0.1) is 5.92 Å². The predicted molar refractivity (Wildman–Crippen MR) is 69.5 cm³/mol. The van der Waals surface area contributed by atoms with E-state index in [0.29, 0.717) is 5.41 Å². The molecule has 0 amide bonds. The molecule has 92 valence electrons. The predicted octanol–water partition coefficient (Wildman–Crippen LogP) is 2.72. The zero-order valence-corrected chi connectivity index (χ0v) is 10.9. The molecule has 2 aliphatic rings. The van der Waals surface area contributed by atoms with Gasteiger partial charge in [0.15, 0.2) is 0 Å². The van der Waals surface area contributed by atoms with Crippen LogP contribution >= 0.6 is 0 Å². The van der Waals surface area contributed by atoms with Gasteiger partial charge in [0.2, 0.25) is 0 Å². The van der Waals surface area contributed by atoms with Gasteiger partial charge in [0.1, 0.15) is 11.4 Å². The molecule has 1 aliphatic heterocycles. The number of rotatable bonds is 2. The van der Waals surface area contributed by atoms with Crippen molar-refractivity contribution in [1.29, 1.82) is 0 Å². The molecule has 0 bridgehead atoms. The number of nitrogens with one attached hydrogen (secondary N) is 1. The molecule has 1 heterocycles. The Hall–Kier alpha value is -1.02. The van der Waals surface area contributed by atoms with Gasteiger partial charge in [-0.05, 0) is 52.3 Å². The van der Waals surface area contributed by atoms with Gasteiger partial charge in [-0.25, -0.2) is 0 Å². The molecule has 17 heavy (non-hydrogen) atoms. The average molecular weight is 231 g/mol. The van der Waals surface area contributed by atoms with Crippen molar-refractivity contribution in [2.24, 2.45) is 5.92 Å². The molecule has 1 N–H and O–H groups in total. The minimum Gasteiger partial charge on any atom is -0.488 e. The maximum Gasteiger partial charge on any atom is 0.123 e. The van der Waals surface area contributed by atoms with Crippen molar-refractivity contribution in [3.63, 3.8) is 0 Å². The van der Waals surface area contributed by atoms with Gasteiger partial charge in [-0.2, -0.15) is 0 Å². The molecule has 0 saturated heterocycles. The Kier molecular flexibility index (Phi) is 2.27. The van der Waals surface area contributed by atoms with Crippen LogP contribution in [-0.2, 0) is 5.41 Å². The van der Waals surface area contributed by atoms with Crippen LogP contribution < -0.4 is 10.1 Å². The van der Waals surface area contributed by atoms with Crippen LogP contribution in [0.5, 0.6) is 5.75 Å². The molecular formula is C15H21NO. The quantitative estimate of drug-likeness (QED) is 0.845. The molecular weight excluding hydrogens is 210 g/mol. The van der Waals surface area contributed by atoms with E-state index in [-0.39, 0.29) is 5.60 Å². The Balaban J connectivity index is 2.00. The third-order valence-corrected chi connectivity index (χ3v) is 4.23. The summed E-state index contributed by atoms with van der Waals surface area (Å²) < 4.78 is 6.10. The lowest BCUT2D eigenvalue weighted by molar-refractivity contribution is 0.0639. The summed E-state index contributed by atoms with van der Waals surface area (Å²) in [6.07, 6.45) is 2.45. The van der Waals surface area contributed by atoms with Crippen LogP contribution in [0.4, 0.5) is 0 Å². The molecule has 1 aliphatic carbocycles. The Morgan fingerprint density at radius 2 is 2.12 bits per heavy atom. The highest BCUT2D eigenvalue weighted by molar-refractivity contribution is 5.47. The van der Waals surface area contributed by atoms with E-state index in [9.17, 15) is 0 Å². The van der Waals surface area contributed by atoms with Crippen molar-refractivity contribution in [3.8, 4) is 5.75 Å². The number of hydrogen-bond donors (Lipinski definition) is 1. The first kappa shape index (κ1) is 11.1. The summed E-state index contributed by atoms with van der Waals surface area (Å²) in [5.74, 6) is 1.87. The molecule has 1 aromatic rings. The molecule has 1 spiro atoms. The van der Waals surface area contributed by atoms with Crippen LogP contribution in [0.1, 0.15) is 32.3 Å². The van der Waals surface area contributed by atoms with Crippen LogP contribution in [0.15, 0.2) is 24.3 Å². The molecule has 3 rings (SSSR count). The minimum absolute atomic E-state index is 0.0309. The molecule has 0 radical (unpaired) electrons. The van der Waals surface area contributed by atoms with Gasteiger partial charge in [-0.15, -0.1) is 0 Å². The van der Waals surface area contributed by atoms with Crippen molar-refractivity contribution in [2.75, 3.05) is 13.6 Å². The number of ether oxygens (including phenoxy) is 1. The molecule has 1 aromatic carbocycles. The second kappa shape index (κ2) is 3.49. The Morgan fingerprint density at radius 3 is 2.88 bits per heavy atom. The van der Waals surface area contributed by atoms with E-state index in [4.69, 9.17) is 4.74 Å². The van der Waals surface area contributed by atoms with E-state index in [1.807, 2.05) is 7.05 Å². The number of fused-ring (bicyclic) bond motifs is 2. The summed E-state index contributed by atoms with van der Waals surface area (Å²) in [6, 6.07) is 8.58. The summed E-state index contributed by atoms with van der Waals surface area (Å²) in [5.41, 5.74) is 1.78. The van der Waals surface area contributed by atoms with Gasteiger partial charge in [0, 0.05) is 11.0 Å². The fourth-order valence-electron chi connectivity index (χ4n) is 3.60. The van der Waals surface area contributed by atoms with E-state index in [2.05, 4.69) is 43.4 Å². The average Bonchev–Trinajstić information content (AvgIpc) is 2.90. The molecule has 1 saturated carbocycles. The SMILES string of the molecule is CNCC1CC12CC(C)(C)Oc1ccccc12. The van der Waals surface area contributed by atoms with Crippen molar-refractivity contribution >= 4 is 0 Å². The molecule has 2 nitrogen and oxygen atoms in total. The normalized spacial score (nSPS) is 33.0. The first-order chi connectivity index (χ1) is 8.07. The Labute approximate surface area is 103 Å². The fraction of sp³-hybridized carbons (Fsp3) is 0.600. The van der Waals surface area contributed by atoms with E-state index >= 15 is 0 Å². The summed E-state index contributed by atoms with van der Waals surface area (Å²) in [6.45, 7) is 5.53. The monoisotopic (exact) mass is 231 g/mol. The summed E-state index contributed by atoms with van der Waals surface area (Å²) in [4.78, 5) is 0. The third kappa shape index (κ3) is 1.66. The van der Waals surface area contributed by atoms with E-state index in [0.717, 1.165) is 24.6 Å². The summed E-state index contributed by atoms with van der Waals surface area (Å²) >= 11 is 0. The molecule has 1 fully saturated rings. The molecule has 2 unspecified atom stereocenters. The van der Waals surface area contributed by atoms with Crippen LogP contribution in [0.3, 0.4) is 0 Å². The van der Waals surface area contributed by atoms with Crippen molar-refractivity contribution in [2.45, 2.75) is 37.7 Å². The van der Waals surface area contributed by atoms with Crippen molar-refractivity contribution < 1.29 is 4.74 Å².